The number of thiophene rings is 1. The number of benzene rings is 1. The summed E-state index contributed by atoms with van der Waals surface area (Å²) in [5.41, 5.74) is 3.14. The summed E-state index contributed by atoms with van der Waals surface area (Å²) < 4.78 is 41.3. The highest BCUT2D eigenvalue weighted by Crippen LogP contribution is 2.36. The molecular weight excluding hydrogens is 515 g/mol. The number of hydrogen-bond donors (Lipinski definition) is 1. The molecular formula is C25H19ClF3N3O3S. The van der Waals surface area contributed by atoms with E-state index in [1.54, 1.807) is 17.2 Å². The number of fused-ring (bicyclic) bond motifs is 3. The van der Waals surface area contributed by atoms with Crippen LogP contribution in [0.15, 0.2) is 48.7 Å². The van der Waals surface area contributed by atoms with Gasteiger partial charge in [0.1, 0.15) is 10.5 Å². The third-order valence-electron chi connectivity index (χ3n) is 6.24. The number of nitrogens with zero attached hydrogens (tertiary/aromatic N) is 3. The van der Waals surface area contributed by atoms with Crippen molar-refractivity contribution in [3.8, 4) is 0 Å². The van der Waals surface area contributed by atoms with Gasteiger partial charge in [0.25, 0.3) is 0 Å². The molecule has 1 amide bonds. The lowest BCUT2D eigenvalue weighted by Gasteiger charge is -2.28. The normalized spacial score (nSPS) is 13.7. The zero-order valence-corrected chi connectivity index (χ0v) is 20.3. The molecule has 1 aliphatic heterocycles. The van der Waals surface area contributed by atoms with Gasteiger partial charge in [0.15, 0.2) is 0 Å². The van der Waals surface area contributed by atoms with E-state index in [0.717, 1.165) is 22.7 Å². The lowest BCUT2D eigenvalue weighted by Crippen LogP contribution is -2.37. The largest absolute Gasteiger partial charge is 0.478 e. The van der Waals surface area contributed by atoms with E-state index < -0.39 is 17.0 Å². The Morgan fingerprint density at radius 3 is 2.67 bits per heavy atom. The zero-order valence-electron chi connectivity index (χ0n) is 18.7. The van der Waals surface area contributed by atoms with Crippen molar-refractivity contribution < 1.29 is 27.9 Å². The summed E-state index contributed by atoms with van der Waals surface area (Å²) in [6.07, 6.45) is -2.11. The first-order valence-corrected chi connectivity index (χ1v) is 12.2. The van der Waals surface area contributed by atoms with Crippen LogP contribution in [0.25, 0.3) is 11.0 Å². The van der Waals surface area contributed by atoms with Gasteiger partial charge in [0, 0.05) is 28.7 Å². The number of halogens is 4. The molecule has 11 heteroatoms. The van der Waals surface area contributed by atoms with Gasteiger partial charge in [-0.2, -0.15) is 13.2 Å². The van der Waals surface area contributed by atoms with Crippen molar-refractivity contribution >= 4 is 45.8 Å². The van der Waals surface area contributed by atoms with Gasteiger partial charge in [0.05, 0.1) is 30.1 Å². The van der Waals surface area contributed by atoms with Gasteiger partial charge in [-0.15, -0.1) is 11.3 Å². The molecule has 0 unspecified atom stereocenters. The Morgan fingerprint density at radius 2 is 1.97 bits per heavy atom. The minimum Gasteiger partial charge on any atom is -0.478 e. The molecule has 6 nitrogen and oxygen atoms in total. The molecule has 4 aromatic rings. The van der Waals surface area contributed by atoms with Crippen LogP contribution in [0, 0.1) is 0 Å². The first-order valence-electron chi connectivity index (χ1n) is 11.0. The minimum atomic E-state index is -4.39. The maximum Gasteiger partial charge on any atom is 0.425 e. The fourth-order valence-corrected chi connectivity index (χ4v) is 5.69. The van der Waals surface area contributed by atoms with E-state index in [1.165, 1.54) is 18.2 Å². The van der Waals surface area contributed by atoms with Crippen molar-refractivity contribution in [3.05, 3.63) is 85.8 Å². The molecule has 186 valence electrons. The number of pyridine rings is 1. The van der Waals surface area contributed by atoms with E-state index in [9.17, 15) is 22.8 Å². The van der Waals surface area contributed by atoms with Crippen LogP contribution in [0.5, 0.6) is 0 Å². The van der Waals surface area contributed by atoms with E-state index in [2.05, 4.69) is 4.98 Å². The van der Waals surface area contributed by atoms with Crippen LogP contribution < -0.4 is 0 Å². The van der Waals surface area contributed by atoms with Crippen molar-refractivity contribution in [2.24, 2.45) is 0 Å². The van der Waals surface area contributed by atoms with Gasteiger partial charge < -0.3 is 14.6 Å². The molecule has 0 atom stereocenters. The number of carboxylic acid groups (broad SMARTS) is 1. The van der Waals surface area contributed by atoms with Gasteiger partial charge in [0.2, 0.25) is 5.91 Å². The highest BCUT2D eigenvalue weighted by molar-refractivity contribution is 7.12. The van der Waals surface area contributed by atoms with Gasteiger partial charge >= 0.3 is 12.1 Å². The number of amides is 1. The zero-order chi connectivity index (χ0) is 25.6. The molecule has 1 aromatic carbocycles. The van der Waals surface area contributed by atoms with Crippen LogP contribution in [0.3, 0.4) is 0 Å². The monoisotopic (exact) mass is 533 g/mol. The summed E-state index contributed by atoms with van der Waals surface area (Å²) in [4.78, 5) is 30.4. The molecule has 0 fully saturated rings. The molecule has 0 spiro atoms. The SMILES string of the molecule is O=C(O)c1ccc(CC(=O)N2CCc3c(n(Cc4ccc(C(F)(F)F)s4)c4ncccc34)C2)cc1Cl. The van der Waals surface area contributed by atoms with Gasteiger partial charge in [-0.25, -0.2) is 9.78 Å². The molecule has 0 saturated heterocycles. The molecule has 0 saturated carbocycles. The molecule has 5 rings (SSSR count). The first kappa shape index (κ1) is 24.3. The Balaban J connectivity index is 1.42. The average molecular weight is 534 g/mol. The summed E-state index contributed by atoms with van der Waals surface area (Å²) in [5, 5.41) is 10.1. The van der Waals surface area contributed by atoms with E-state index >= 15 is 0 Å². The Morgan fingerprint density at radius 1 is 1.17 bits per heavy atom. The van der Waals surface area contributed by atoms with Crippen molar-refractivity contribution in [2.45, 2.75) is 32.1 Å². The van der Waals surface area contributed by atoms with Crippen LogP contribution in [0.1, 0.15) is 36.9 Å². The van der Waals surface area contributed by atoms with Crippen molar-refractivity contribution in [3.63, 3.8) is 0 Å². The summed E-state index contributed by atoms with van der Waals surface area (Å²) in [6.45, 7) is 0.999. The van der Waals surface area contributed by atoms with Gasteiger partial charge in [-0.1, -0.05) is 17.7 Å². The Kier molecular flexibility index (Phi) is 6.25. The number of aromatic carboxylic acids is 1. The Hall–Kier alpha value is -3.37. The molecule has 0 radical (unpaired) electrons. The van der Waals surface area contributed by atoms with E-state index in [4.69, 9.17) is 16.7 Å². The molecule has 36 heavy (non-hydrogen) atoms. The standard InChI is InChI=1S/C25H19ClF3N3O3S/c26-19-10-14(3-5-18(19)24(34)35)11-22(33)31-9-7-16-17-2-1-8-30-23(17)32(20(16)13-31)12-15-4-6-21(36-15)25(27,28)29/h1-6,8,10H,7,9,11-13H2,(H,34,35). The van der Waals surface area contributed by atoms with Crippen LogP contribution in [0.4, 0.5) is 13.2 Å². The fraction of sp³-hybridized carbons (Fsp3) is 0.240. The number of aromatic nitrogens is 2. The molecule has 0 aliphatic carbocycles. The fourth-order valence-electron chi connectivity index (χ4n) is 4.54. The highest BCUT2D eigenvalue weighted by atomic mass is 35.5. The lowest BCUT2D eigenvalue weighted by molar-refractivity contribution is -0.134. The van der Waals surface area contributed by atoms with Crippen LogP contribution in [-0.2, 0) is 36.9 Å². The van der Waals surface area contributed by atoms with Crippen molar-refractivity contribution in [1.29, 1.82) is 0 Å². The molecule has 1 N–H and O–H groups in total. The lowest BCUT2D eigenvalue weighted by atomic mass is 10.0. The van der Waals surface area contributed by atoms with Crippen LogP contribution >= 0.6 is 22.9 Å². The number of alkyl halides is 3. The maximum atomic E-state index is 13.1. The van der Waals surface area contributed by atoms with Crippen LogP contribution in [0.2, 0.25) is 5.02 Å². The number of hydrogen-bond acceptors (Lipinski definition) is 4. The van der Waals surface area contributed by atoms with Crippen molar-refractivity contribution in [1.82, 2.24) is 14.5 Å². The topological polar surface area (TPSA) is 75.4 Å². The minimum absolute atomic E-state index is 0.0326. The van der Waals surface area contributed by atoms with E-state index in [0.29, 0.717) is 46.9 Å². The third kappa shape index (κ3) is 4.58. The number of carboxylic acids is 1. The second-order valence-electron chi connectivity index (χ2n) is 8.51. The second-order valence-corrected chi connectivity index (χ2v) is 10.1. The summed E-state index contributed by atoms with van der Waals surface area (Å²) in [6, 6.07) is 10.7. The Labute approximate surface area is 212 Å². The van der Waals surface area contributed by atoms with E-state index in [1.807, 2.05) is 16.7 Å². The maximum absolute atomic E-state index is 13.1. The Bertz CT molecular complexity index is 1490. The van der Waals surface area contributed by atoms with Gasteiger partial charge in [-0.05, 0) is 53.9 Å². The highest BCUT2D eigenvalue weighted by Gasteiger charge is 2.33. The molecule has 0 bridgehead atoms. The average Bonchev–Trinajstić information content (AvgIpc) is 3.42. The molecule has 4 heterocycles. The summed E-state index contributed by atoms with van der Waals surface area (Å²) in [7, 11) is 0. The first-order chi connectivity index (χ1) is 17.1. The van der Waals surface area contributed by atoms with E-state index in [-0.39, 0.29) is 29.5 Å². The molecule has 1 aliphatic rings. The van der Waals surface area contributed by atoms with Gasteiger partial charge in [-0.3, -0.25) is 4.79 Å². The van der Waals surface area contributed by atoms with Crippen LogP contribution in [-0.4, -0.2) is 38.0 Å². The predicted molar refractivity (Wildman–Crippen MR) is 129 cm³/mol. The number of rotatable bonds is 5. The number of carbonyl (C=O) groups is 2. The molecule has 3 aromatic heterocycles. The smallest absolute Gasteiger partial charge is 0.425 e. The number of carbonyl (C=O) groups excluding carboxylic acids is 1. The summed E-state index contributed by atoms with van der Waals surface area (Å²) in [5.74, 6) is -1.30. The predicted octanol–water partition coefficient (Wildman–Crippen LogP) is 5.64. The van der Waals surface area contributed by atoms with Crippen molar-refractivity contribution in [2.75, 3.05) is 6.54 Å². The second kappa shape index (κ2) is 9.25. The quantitative estimate of drug-likeness (QED) is 0.360. The summed E-state index contributed by atoms with van der Waals surface area (Å²) >= 11 is 6.75. The third-order valence-corrected chi connectivity index (χ3v) is 7.67.